The molecule has 2 N–H and O–H groups in total. The van der Waals surface area contributed by atoms with Crippen molar-refractivity contribution in [2.45, 2.75) is 22.4 Å². The van der Waals surface area contributed by atoms with Crippen LogP contribution in [0.4, 0.5) is 11.5 Å². The molecule has 180 valence electrons. The fraction of sp³-hybridized carbons (Fsp3) is 0.259. The summed E-state index contributed by atoms with van der Waals surface area (Å²) in [4.78, 5) is 10.7. The summed E-state index contributed by atoms with van der Waals surface area (Å²) in [6, 6.07) is 19.6. The average Bonchev–Trinajstić information content (AvgIpc) is 3.30. The van der Waals surface area contributed by atoms with Gasteiger partial charge in [0.1, 0.15) is 11.3 Å². The van der Waals surface area contributed by atoms with Crippen LogP contribution >= 0.6 is 23.2 Å². The number of nitrogens with one attached hydrogen (secondary N) is 1. The van der Waals surface area contributed by atoms with Crippen LogP contribution in [-0.4, -0.2) is 39.2 Å². The van der Waals surface area contributed by atoms with E-state index in [9.17, 15) is 5.11 Å². The molecule has 1 aliphatic rings. The van der Waals surface area contributed by atoms with E-state index >= 15 is 0 Å². The lowest BCUT2D eigenvalue weighted by atomic mass is 9.81. The third-order valence-electron chi connectivity index (χ3n) is 6.69. The molecule has 0 saturated heterocycles. The number of fused-ring (bicyclic) bond motifs is 1. The summed E-state index contributed by atoms with van der Waals surface area (Å²) < 4.78 is 1.82. The topological polar surface area (TPSA) is 66.2 Å². The van der Waals surface area contributed by atoms with Crippen molar-refractivity contribution in [2.24, 2.45) is 7.05 Å². The van der Waals surface area contributed by atoms with E-state index in [-0.39, 0.29) is 16.8 Å². The van der Waals surface area contributed by atoms with Crippen molar-refractivity contribution in [1.29, 1.82) is 0 Å². The van der Waals surface area contributed by atoms with E-state index < -0.39 is 5.60 Å². The van der Waals surface area contributed by atoms with Gasteiger partial charge in [-0.3, -0.25) is 0 Å². The first kappa shape index (κ1) is 23.7. The number of hydrogen-bond donors (Lipinski definition) is 2. The van der Waals surface area contributed by atoms with Crippen molar-refractivity contribution < 1.29 is 5.11 Å². The summed E-state index contributed by atoms with van der Waals surface area (Å²) in [5.41, 5.74) is 2.88. The van der Waals surface area contributed by atoms with E-state index in [1.54, 1.807) is 18.7 Å². The maximum absolute atomic E-state index is 12.3. The van der Waals surface area contributed by atoms with Gasteiger partial charge in [-0.15, -0.1) is 11.6 Å². The van der Waals surface area contributed by atoms with Gasteiger partial charge in [-0.25, -0.2) is 9.97 Å². The Kier molecular flexibility index (Phi) is 6.21. The van der Waals surface area contributed by atoms with E-state index in [0.717, 1.165) is 22.6 Å². The summed E-state index contributed by atoms with van der Waals surface area (Å²) in [7, 11) is 5.72. The molecular weight excluding hydrogens is 481 g/mol. The van der Waals surface area contributed by atoms with Crippen molar-refractivity contribution in [1.82, 2.24) is 14.5 Å². The number of rotatable bonds is 5. The second kappa shape index (κ2) is 9.19. The molecule has 8 heteroatoms. The van der Waals surface area contributed by atoms with Crippen LogP contribution in [0.5, 0.6) is 0 Å². The molecule has 0 saturated carbocycles. The summed E-state index contributed by atoms with van der Waals surface area (Å²) in [5, 5.41) is 15.3. The van der Waals surface area contributed by atoms with Crippen LogP contribution < -0.4 is 10.2 Å². The van der Waals surface area contributed by atoms with Gasteiger partial charge in [0.25, 0.3) is 0 Å². The molecule has 3 heterocycles. The number of alkyl halides is 2. The number of aromatic nitrogens is 3. The van der Waals surface area contributed by atoms with Gasteiger partial charge in [0, 0.05) is 44.5 Å². The van der Waals surface area contributed by atoms with Crippen LogP contribution in [0.25, 0.3) is 0 Å². The molecule has 4 atom stereocenters. The predicted octanol–water partition coefficient (Wildman–Crippen LogP) is 5.22. The van der Waals surface area contributed by atoms with Crippen LogP contribution in [0, 0.1) is 0 Å². The fourth-order valence-electron chi connectivity index (χ4n) is 4.77. The summed E-state index contributed by atoms with van der Waals surface area (Å²) >= 11 is 13.8. The molecule has 0 bridgehead atoms. The number of aliphatic hydroxyl groups is 1. The average molecular weight is 508 g/mol. The quantitative estimate of drug-likeness (QED) is 0.286. The van der Waals surface area contributed by atoms with Crippen LogP contribution in [0.1, 0.15) is 39.2 Å². The maximum Gasteiger partial charge on any atom is 0.158 e. The molecule has 1 aliphatic heterocycles. The van der Waals surface area contributed by atoms with Gasteiger partial charge in [0.05, 0.1) is 23.6 Å². The van der Waals surface area contributed by atoms with Crippen molar-refractivity contribution in [3.05, 3.63) is 107 Å². The molecular formula is C27H27Cl2N5O. The van der Waals surface area contributed by atoms with Gasteiger partial charge < -0.3 is 19.9 Å². The van der Waals surface area contributed by atoms with E-state index in [1.165, 1.54) is 0 Å². The third kappa shape index (κ3) is 4.05. The molecule has 2 aromatic heterocycles. The summed E-state index contributed by atoms with van der Waals surface area (Å²) in [6.45, 7) is 0. The van der Waals surface area contributed by atoms with Crippen molar-refractivity contribution in [2.75, 3.05) is 24.3 Å². The van der Waals surface area contributed by atoms with Gasteiger partial charge >= 0.3 is 0 Å². The SMILES string of the molecule is CN(C)c1ccc(C(O)(c2ccc3c(c2)C(Cl)C(c2ccccc2)C(Cl)N3)c2cncn2C)cn1. The number of hydrogen-bond acceptors (Lipinski definition) is 5. The molecule has 0 amide bonds. The number of benzene rings is 2. The molecule has 4 unspecified atom stereocenters. The minimum atomic E-state index is -1.49. The molecule has 0 aliphatic carbocycles. The van der Waals surface area contributed by atoms with Crippen LogP contribution in [0.2, 0.25) is 0 Å². The van der Waals surface area contributed by atoms with Gasteiger partial charge in [0.2, 0.25) is 0 Å². The van der Waals surface area contributed by atoms with Gasteiger partial charge in [-0.05, 0) is 34.9 Å². The standard InChI is InChI=1S/C27H27Cl2N5O/c1-33(2)23-12-10-19(14-31-23)27(35,22-15-30-16-34(22)3)18-9-11-21-20(13-18)25(28)24(26(29)32-21)17-7-5-4-6-8-17/h4-16,24-26,32,35H,1-3H3. The number of halogens is 2. The highest BCUT2D eigenvalue weighted by atomic mass is 35.5. The largest absolute Gasteiger partial charge is 0.374 e. The maximum atomic E-state index is 12.3. The Morgan fingerprint density at radius 2 is 1.74 bits per heavy atom. The molecule has 6 nitrogen and oxygen atoms in total. The monoisotopic (exact) mass is 507 g/mol. The summed E-state index contributed by atoms with van der Waals surface area (Å²) in [5.74, 6) is 0.656. The van der Waals surface area contributed by atoms with Crippen molar-refractivity contribution in [3.8, 4) is 0 Å². The molecule has 4 aromatic rings. The first-order chi connectivity index (χ1) is 16.8. The van der Waals surface area contributed by atoms with Gasteiger partial charge in [-0.1, -0.05) is 54.1 Å². The van der Waals surface area contributed by atoms with Crippen molar-refractivity contribution in [3.63, 3.8) is 0 Å². The zero-order chi connectivity index (χ0) is 24.7. The Bertz CT molecular complexity index is 1330. The highest BCUT2D eigenvalue weighted by molar-refractivity contribution is 6.26. The molecule has 0 spiro atoms. The number of nitrogens with zero attached hydrogens (tertiary/aromatic N) is 4. The Labute approximate surface area is 215 Å². The second-order valence-electron chi connectivity index (χ2n) is 9.09. The summed E-state index contributed by atoms with van der Waals surface area (Å²) in [6.07, 6.45) is 5.06. The lowest BCUT2D eigenvalue weighted by Gasteiger charge is -2.37. The number of aryl methyl sites for hydroxylation is 1. The highest BCUT2D eigenvalue weighted by Crippen LogP contribution is 2.49. The molecule has 0 fully saturated rings. The zero-order valence-corrected chi connectivity index (χ0v) is 21.2. The molecule has 5 rings (SSSR count). The normalized spacial score (nSPS) is 21.0. The Morgan fingerprint density at radius 1 is 1.00 bits per heavy atom. The lowest BCUT2D eigenvalue weighted by Crippen LogP contribution is -2.34. The van der Waals surface area contributed by atoms with E-state index in [0.29, 0.717) is 16.8 Å². The molecule has 0 radical (unpaired) electrons. The van der Waals surface area contributed by atoms with Crippen LogP contribution in [0.3, 0.4) is 0 Å². The Hall–Kier alpha value is -3.06. The predicted molar refractivity (Wildman–Crippen MR) is 141 cm³/mol. The third-order valence-corrected chi connectivity index (χ3v) is 7.57. The van der Waals surface area contributed by atoms with E-state index in [1.807, 2.05) is 91.3 Å². The van der Waals surface area contributed by atoms with E-state index in [2.05, 4.69) is 15.3 Å². The zero-order valence-electron chi connectivity index (χ0n) is 19.7. The Morgan fingerprint density at radius 3 is 2.37 bits per heavy atom. The lowest BCUT2D eigenvalue weighted by molar-refractivity contribution is 0.117. The number of pyridine rings is 1. The van der Waals surface area contributed by atoms with Crippen LogP contribution in [0.15, 0.2) is 79.4 Å². The van der Waals surface area contributed by atoms with Gasteiger partial charge in [-0.2, -0.15) is 0 Å². The van der Waals surface area contributed by atoms with Gasteiger partial charge in [0.15, 0.2) is 5.60 Å². The van der Waals surface area contributed by atoms with Crippen molar-refractivity contribution >= 4 is 34.7 Å². The number of imidazole rings is 1. The second-order valence-corrected chi connectivity index (χ2v) is 10.0. The smallest absolute Gasteiger partial charge is 0.158 e. The molecule has 2 aromatic carbocycles. The minimum Gasteiger partial charge on any atom is -0.374 e. The first-order valence-corrected chi connectivity index (χ1v) is 12.2. The minimum absolute atomic E-state index is 0.145. The molecule has 35 heavy (non-hydrogen) atoms. The van der Waals surface area contributed by atoms with E-state index in [4.69, 9.17) is 23.2 Å². The van der Waals surface area contributed by atoms with Crippen LogP contribution in [-0.2, 0) is 12.6 Å². The highest BCUT2D eigenvalue weighted by Gasteiger charge is 2.40. The number of anilines is 2. The Balaban J connectivity index is 1.64. The first-order valence-electron chi connectivity index (χ1n) is 11.4. The fourth-order valence-corrected chi connectivity index (χ4v) is 5.73.